The van der Waals surface area contributed by atoms with Crippen LogP contribution in [-0.4, -0.2) is 17.7 Å². The van der Waals surface area contributed by atoms with Gasteiger partial charge in [0.25, 0.3) is 0 Å². The molecular weight excluding hydrogens is 180 g/mol. The molecule has 0 fully saturated rings. The van der Waals surface area contributed by atoms with Gasteiger partial charge in [-0.05, 0) is 18.6 Å². The monoisotopic (exact) mass is 192 g/mol. The number of aliphatic hydroxyl groups is 1. The standard InChI is InChI=1S/C11H12O3/c1-8-5-3-4-6-10(8)14-11(13)9(2)7-12/h3-6,12H,2,7H2,1H3. The SMILES string of the molecule is C=C(CO)C(=O)Oc1ccccc1C. The van der Waals surface area contributed by atoms with Gasteiger partial charge in [-0.1, -0.05) is 24.8 Å². The molecule has 0 saturated heterocycles. The van der Waals surface area contributed by atoms with E-state index in [0.717, 1.165) is 5.56 Å². The summed E-state index contributed by atoms with van der Waals surface area (Å²) in [5, 5.41) is 8.65. The zero-order valence-corrected chi connectivity index (χ0v) is 7.99. The smallest absolute Gasteiger partial charge is 0.341 e. The molecule has 0 heterocycles. The van der Waals surface area contributed by atoms with Gasteiger partial charge in [-0.15, -0.1) is 0 Å². The van der Waals surface area contributed by atoms with E-state index in [1.165, 1.54) is 0 Å². The van der Waals surface area contributed by atoms with Crippen LogP contribution in [0.5, 0.6) is 5.75 Å². The van der Waals surface area contributed by atoms with Crippen LogP contribution in [0, 0.1) is 6.92 Å². The van der Waals surface area contributed by atoms with Crippen molar-refractivity contribution >= 4 is 5.97 Å². The van der Waals surface area contributed by atoms with Crippen molar-refractivity contribution in [3.63, 3.8) is 0 Å². The summed E-state index contributed by atoms with van der Waals surface area (Å²) in [6.45, 7) is 4.83. The maximum Gasteiger partial charge on any atom is 0.341 e. The minimum atomic E-state index is -0.596. The van der Waals surface area contributed by atoms with Crippen LogP contribution >= 0.6 is 0 Å². The Morgan fingerprint density at radius 2 is 2.14 bits per heavy atom. The number of para-hydroxylation sites is 1. The van der Waals surface area contributed by atoms with Crippen molar-refractivity contribution in [2.45, 2.75) is 6.92 Å². The van der Waals surface area contributed by atoms with Gasteiger partial charge in [0, 0.05) is 0 Å². The highest BCUT2D eigenvalue weighted by Crippen LogP contribution is 2.17. The van der Waals surface area contributed by atoms with Crippen LogP contribution in [0.2, 0.25) is 0 Å². The lowest BCUT2D eigenvalue weighted by molar-refractivity contribution is -0.130. The Kier molecular flexibility index (Phi) is 3.42. The zero-order valence-electron chi connectivity index (χ0n) is 7.99. The first-order valence-electron chi connectivity index (χ1n) is 4.21. The molecule has 0 atom stereocenters. The van der Waals surface area contributed by atoms with Gasteiger partial charge < -0.3 is 9.84 Å². The van der Waals surface area contributed by atoms with Crippen LogP contribution < -0.4 is 4.74 Å². The second-order valence-corrected chi connectivity index (χ2v) is 2.92. The molecule has 0 aliphatic heterocycles. The number of aryl methyl sites for hydroxylation is 1. The number of hydrogen-bond donors (Lipinski definition) is 1. The molecule has 0 radical (unpaired) electrons. The van der Waals surface area contributed by atoms with Gasteiger partial charge >= 0.3 is 5.97 Å². The molecule has 0 amide bonds. The fraction of sp³-hybridized carbons (Fsp3) is 0.182. The molecule has 0 aromatic heterocycles. The quantitative estimate of drug-likeness (QED) is 0.448. The van der Waals surface area contributed by atoms with Crippen molar-refractivity contribution in [3.8, 4) is 5.75 Å². The summed E-state index contributed by atoms with van der Waals surface area (Å²) in [6.07, 6.45) is 0. The minimum Gasteiger partial charge on any atom is -0.423 e. The van der Waals surface area contributed by atoms with Crippen LogP contribution in [-0.2, 0) is 4.79 Å². The van der Waals surface area contributed by atoms with Crippen molar-refractivity contribution in [1.29, 1.82) is 0 Å². The minimum absolute atomic E-state index is 0.0493. The molecule has 0 aliphatic rings. The van der Waals surface area contributed by atoms with Crippen LogP contribution in [0.25, 0.3) is 0 Å². The Morgan fingerprint density at radius 3 is 2.71 bits per heavy atom. The summed E-state index contributed by atoms with van der Waals surface area (Å²) < 4.78 is 5.00. The first kappa shape index (κ1) is 10.5. The first-order chi connectivity index (χ1) is 6.65. The van der Waals surface area contributed by atoms with Crippen molar-refractivity contribution in [3.05, 3.63) is 42.0 Å². The molecular formula is C11H12O3. The lowest BCUT2D eigenvalue weighted by Crippen LogP contribution is -2.13. The number of hydrogen-bond acceptors (Lipinski definition) is 3. The molecule has 0 bridgehead atoms. The Labute approximate surface area is 82.6 Å². The van der Waals surface area contributed by atoms with Gasteiger partial charge in [0.15, 0.2) is 0 Å². The molecule has 1 aromatic rings. The predicted molar refractivity (Wildman–Crippen MR) is 53.0 cm³/mol. The third-order valence-corrected chi connectivity index (χ3v) is 1.78. The number of rotatable bonds is 3. The van der Waals surface area contributed by atoms with Crippen molar-refractivity contribution < 1.29 is 14.6 Å². The number of aliphatic hydroxyl groups excluding tert-OH is 1. The Morgan fingerprint density at radius 1 is 1.50 bits per heavy atom. The van der Waals surface area contributed by atoms with E-state index in [-0.39, 0.29) is 12.2 Å². The first-order valence-corrected chi connectivity index (χ1v) is 4.21. The molecule has 74 valence electrons. The average Bonchev–Trinajstić information content (AvgIpc) is 2.20. The Bertz CT molecular complexity index is 355. The fourth-order valence-electron chi connectivity index (χ4n) is 0.908. The van der Waals surface area contributed by atoms with E-state index in [2.05, 4.69) is 6.58 Å². The average molecular weight is 192 g/mol. The molecule has 0 saturated carbocycles. The van der Waals surface area contributed by atoms with Gasteiger partial charge in [0.05, 0.1) is 12.2 Å². The van der Waals surface area contributed by atoms with Crippen molar-refractivity contribution in [2.75, 3.05) is 6.61 Å². The largest absolute Gasteiger partial charge is 0.423 e. The molecule has 1 rings (SSSR count). The third kappa shape index (κ3) is 2.44. The van der Waals surface area contributed by atoms with E-state index in [1.807, 2.05) is 19.1 Å². The molecule has 0 spiro atoms. The second-order valence-electron chi connectivity index (χ2n) is 2.92. The maximum atomic E-state index is 11.2. The molecule has 0 unspecified atom stereocenters. The second kappa shape index (κ2) is 4.58. The highest BCUT2D eigenvalue weighted by Gasteiger charge is 2.09. The third-order valence-electron chi connectivity index (χ3n) is 1.78. The lowest BCUT2D eigenvalue weighted by atomic mass is 10.2. The summed E-state index contributed by atoms with van der Waals surface area (Å²) in [7, 11) is 0. The molecule has 1 N–H and O–H groups in total. The number of benzene rings is 1. The molecule has 1 aromatic carbocycles. The van der Waals surface area contributed by atoms with E-state index in [4.69, 9.17) is 9.84 Å². The molecule has 0 aliphatic carbocycles. The molecule has 3 heteroatoms. The fourth-order valence-corrected chi connectivity index (χ4v) is 0.908. The predicted octanol–water partition coefficient (Wildman–Crippen LogP) is 1.45. The number of ether oxygens (including phenoxy) is 1. The summed E-state index contributed by atoms with van der Waals surface area (Å²) >= 11 is 0. The maximum absolute atomic E-state index is 11.2. The normalized spacial score (nSPS) is 9.57. The summed E-state index contributed by atoms with van der Waals surface area (Å²) in [5.41, 5.74) is 0.917. The van der Waals surface area contributed by atoms with Gasteiger partial charge in [0.2, 0.25) is 0 Å². The van der Waals surface area contributed by atoms with Gasteiger partial charge in [-0.3, -0.25) is 0 Å². The van der Waals surface area contributed by atoms with Crippen molar-refractivity contribution in [2.24, 2.45) is 0 Å². The van der Waals surface area contributed by atoms with Crippen molar-refractivity contribution in [1.82, 2.24) is 0 Å². The molecule has 14 heavy (non-hydrogen) atoms. The lowest BCUT2D eigenvalue weighted by Gasteiger charge is -2.06. The van der Waals surface area contributed by atoms with Crippen LogP contribution in [0.15, 0.2) is 36.4 Å². The Hall–Kier alpha value is -1.61. The summed E-state index contributed by atoms with van der Waals surface area (Å²) in [4.78, 5) is 11.2. The van der Waals surface area contributed by atoms with Gasteiger partial charge in [-0.2, -0.15) is 0 Å². The number of carbonyl (C=O) groups excluding carboxylic acids is 1. The van der Waals surface area contributed by atoms with E-state index >= 15 is 0 Å². The van der Waals surface area contributed by atoms with E-state index in [9.17, 15) is 4.79 Å². The highest BCUT2D eigenvalue weighted by atomic mass is 16.5. The van der Waals surface area contributed by atoms with Gasteiger partial charge in [0.1, 0.15) is 5.75 Å². The zero-order chi connectivity index (χ0) is 10.6. The van der Waals surface area contributed by atoms with Crippen LogP contribution in [0.3, 0.4) is 0 Å². The molecule has 3 nitrogen and oxygen atoms in total. The van der Waals surface area contributed by atoms with E-state index < -0.39 is 5.97 Å². The summed E-state index contributed by atoms with van der Waals surface area (Å²) in [6, 6.07) is 7.16. The highest BCUT2D eigenvalue weighted by molar-refractivity contribution is 5.89. The number of esters is 1. The van der Waals surface area contributed by atoms with E-state index in [0.29, 0.717) is 5.75 Å². The summed E-state index contributed by atoms with van der Waals surface area (Å²) in [5.74, 6) is -0.103. The van der Waals surface area contributed by atoms with Crippen LogP contribution in [0.4, 0.5) is 0 Å². The topological polar surface area (TPSA) is 46.5 Å². The number of carbonyl (C=O) groups is 1. The van der Waals surface area contributed by atoms with Gasteiger partial charge in [-0.25, -0.2) is 4.79 Å². The van der Waals surface area contributed by atoms with E-state index in [1.54, 1.807) is 12.1 Å². The Balaban J connectivity index is 2.75. The van der Waals surface area contributed by atoms with Crippen LogP contribution in [0.1, 0.15) is 5.56 Å².